The predicted molar refractivity (Wildman–Crippen MR) is 87.7 cm³/mol. The van der Waals surface area contributed by atoms with Gasteiger partial charge in [-0.2, -0.15) is 0 Å². The van der Waals surface area contributed by atoms with Crippen molar-refractivity contribution in [2.75, 3.05) is 12.8 Å². The van der Waals surface area contributed by atoms with Crippen LogP contribution in [0.5, 0.6) is 0 Å². The summed E-state index contributed by atoms with van der Waals surface area (Å²) >= 11 is 7.41. The minimum atomic E-state index is -0.197. The van der Waals surface area contributed by atoms with Gasteiger partial charge in [0.25, 0.3) is 5.91 Å². The molecule has 0 spiro atoms. The fourth-order valence-electron chi connectivity index (χ4n) is 1.91. The largest absolute Gasteiger partial charge is 0.397 e. The molecule has 0 radical (unpaired) electrons. The van der Waals surface area contributed by atoms with Gasteiger partial charge in [0.05, 0.1) is 5.69 Å². The van der Waals surface area contributed by atoms with Crippen LogP contribution in [0, 0.1) is 0 Å². The van der Waals surface area contributed by atoms with Gasteiger partial charge in [-0.15, -0.1) is 11.3 Å². The Bertz CT molecular complexity index is 663. The van der Waals surface area contributed by atoms with Crippen LogP contribution in [0.15, 0.2) is 18.2 Å². The van der Waals surface area contributed by atoms with Crippen LogP contribution >= 0.6 is 22.9 Å². The van der Waals surface area contributed by atoms with Crippen LogP contribution in [-0.2, 0) is 0 Å². The number of amides is 1. The summed E-state index contributed by atoms with van der Waals surface area (Å²) in [5.41, 5.74) is 6.46. The van der Waals surface area contributed by atoms with Gasteiger partial charge in [0.15, 0.2) is 0 Å². The van der Waals surface area contributed by atoms with Crippen molar-refractivity contribution in [3.63, 3.8) is 0 Å². The molecule has 0 atom stereocenters. The van der Waals surface area contributed by atoms with Gasteiger partial charge in [0, 0.05) is 27.7 Å². The van der Waals surface area contributed by atoms with Crippen LogP contribution in [0.25, 0.3) is 10.1 Å². The zero-order chi connectivity index (χ0) is 15.1. The Labute approximate surface area is 128 Å². The van der Waals surface area contributed by atoms with E-state index in [1.54, 1.807) is 4.90 Å². The van der Waals surface area contributed by atoms with Gasteiger partial charge in [-0.25, -0.2) is 0 Å². The molecule has 1 aromatic heterocycles. The van der Waals surface area contributed by atoms with Crippen LogP contribution in [0.2, 0.25) is 5.02 Å². The van der Waals surface area contributed by atoms with Gasteiger partial charge in [0.2, 0.25) is 0 Å². The molecule has 0 fully saturated rings. The normalized spacial score (nSPS) is 11.8. The first kappa shape index (κ1) is 15.1. The lowest BCUT2D eigenvalue weighted by Crippen LogP contribution is -2.44. The van der Waals surface area contributed by atoms with Gasteiger partial charge < -0.3 is 10.6 Å². The van der Waals surface area contributed by atoms with Crippen molar-refractivity contribution in [1.82, 2.24) is 4.90 Å². The number of thiophene rings is 1. The smallest absolute Gasteiger partial charge is 0.266 e. The van der Waals surface area contributed by atoms with E-state index in [9.17, 15) is 4.79 Å². The van der Waals surface area contributed by atoms with E-state index in [4.69, 9.17) is 17.3 Å². The monoisotopic (exact) mass is 310 g/mol. The molecule has 0 bridgehead atoms. The standard InChI is InChI=1S/C15H19ClN2OS/c1-5-15(2,3)18(4)14(19)13-12(17)10-8-9(16)6-7-11(10)20-13/h6-8H,5,17H2,1-4H3. The number of nitrogen functional groups attached to an aromatic ring is 1. The van der Waals surface area contributed by atoms with Crippen molar-refractivity contribution in [2.24, 2.45) is 0 Å². The molecule has 108 valence electrons. The number of anilines is 1. The SMILES string of the molecule is CCC(C)(C)N(C)C(=O)c1sc2ccc(Cl)cc2c1N. The van der Waals surface area contributed by atoms with Crippen LogP contribution in [0.4, 0.5) is 5.69 Å². The highest BCUT2D eigenvalue weighted by atomic mass is 35.5. The number of rotatable bonds is 3. The maximum Gasteiger partial charge on any atom is 0.266 e. The number of fused-ring (bicyclic) bond motifs is 1. The van der Waals surface area contributed by atoms with Crippen molar-refractivity contribution in [3.8, 4) is 0 Å². The first-order chi connectivity index (χ1) is 9.27. The highest BCUT2D eigenvalue weighted by molar-refractivity contribution is 7.21. The van der Waals surface area contributed by atoms with Crippen molar-refractivity contribution >= 4 is 44.6 Å². The zero-order valence-corrected chi connectivity index (χ0v) is 13.7. The quantitative estimate of drug-likeness (QED) is 0.913. The number of benzene rings is 1. The summed E-state index contributed by atoms with van der Waals surface area (Å²) in [6.07, 6.45) is 0.881. The van der Waals surface area contributed by atoms with E-state index in [2.05, 4.69) is 6.92 Å². The summed E-state index contributed by atoms with van der Waals surface area (Å²) in [5.74, 6) is -0.0355. The molecular weight excluding hydrogens is 292 g/mol. The lowest BCUT2D eigenvalue weighted by molar-refractivity contribution is 0.0626. The number of nitrogens with zero attached hydrogens (tertiary/aromatic N) is 1. The fraction of sp³-hybridized carbons (Fsp3) is 0.400. The highest BCUT2D eigenvalue weighted by Gasteiger charge is 2.29. The van der Waals surface area contributed by atoms with E-state index in [0.717, 1.165) is 16.5 Å². The molecule has 2 N–H and O–H groups in total. The second-order valence-corrected chi connectivity index (χ2v) is 7.00. The summed E-state index contributed by atoms with van der Waals surface area (Å²) < 4.78 is 0.984. The Balaban J connectivity index is 2.48. The van der Waals surface area contributed by atoms with Gasteiger partial charge in [-0.05, 0) is 38.5 Å². The predicted octanol–water partition coefficient (Wildman–Crippen LogP) is 4.40. The summed E-state index contributed by atoms with van der Waals surface area (Å²) in [6, 6.07) is 5.53. The molecule has 0 unspecified atom stereocenters. The second-order valence-electron chi connectivity index (χ2n) is 5.52. The lowest BCUT2D eigenvalue weighted by atomic mass is 9.99. The molecular formula is C15H19ClN2OS. The number of hydrogen-bond acceptors (Lipinski definition) is 3. The summed E-state index contributed by atoms with van der Waals surface area (Å²) in [6.45, 7) is 6.16. The molecule has 0 saturated carbocycles. The third-order valence-corrected chi connectivity index (χ3v) is 5.37. The van der Waals surface area contributed by atoms with Crippen molar-refractivity contribution < 1.29 is 4.79 Å². The van der Waals surface area contributed by atoms with Crippen LogP contribution < -0.4 is 5.73 Å². The van der Waals surface area contributed by atoms with E-state index in [-0.39, 0.29) is 11.4 Å². The first-order valence-electron chi connectivity index (χ1n) is 6.53. The molecule has 0 aliphatic carbocycles. The number of hydrogen-bond donors (Lipinski definition) is 1. The van der Waals surface area contributed by atoms with Crippen molar-refractivity contribution in [3.05, 3.63) is 28.1 Å². The Morgan fingerprint density at radius 1 is 1.45 bits per heavy atom. The van der Waals surface area contributed by atoms with Gasteiger partial charge >= 0.3 is 0 Å². The maximum atomic E-state index is 12.6. The highest BCUT2D eigenvalue weighted by Crippen LogP contribution is 2.36. The number of carbonyl (C=O) groups excluding carboxylic acids is 1. The van der Waals surface area contributed by atoms with Gasteiger partial charge in [-0.3, -0.25) is 4.79 Å². The van der Waals surface area contributed by atoms with E-state index in [1.165, 1.54) is 11.3 Å². The third kappa shape index (κ3) is 2.50. The average Bonchev–Trinajstić information content (AvgIpc) is 2.74. The van der Waals surface area contributed by atoms with Gasteiger partial charge in [-0.1, -0.05) is 18.5 Å². The Kier molecular flexibility index (Phi) is 3.98. The molecule has 0 aliphatic heterocycles. The molecule has 2 rings (SSSR count). The molecule has 0 aliphatic rings. The minimum absolute atomic E-state index is 0.0355. The second kappa shape index (κ2) is 5.26. The minimum Gasteiger partial charge on any atom is -0.397 e. The van der Waals surface area contributed by atoms with E-state index in [1.807, 2.05) is 39.1 Å². The zero-order valence-electron chi connectivity index (χ0n) is 12.2. The molecule has 20 heavy (non-hydrogen) atoms. The van der Waals surface area contributed by atoms with E-state index >= 15 is 0 Å². The third-order valence-electron chi connectivity index (χ3n) is 3.96. The fourth-order valence-corrected chi connectivity index (χ4v) is 3.16. The molecule has 1 amide bonds. The number of carbonyl (C=O) groups is 1. The molecule has 5 heteroatoms. The average molecular weight is 311 g/mol. The summed E-state index contributed by atoms with van der Waals surface area (Å²) in [7, 11) is 1.82. The number of nitrogens with two attached hydrogens (primary N) is 1. The van der Waals surface area contributed by atoms with E-state index < -0.39 is 0 Å². The topological polar surface area (TPSA) is 46.3 Å². The van der Waals surface area contributed by atoms with Crippen LogP contribution in [0.3, 0.4) is 0 Å². The first-order valence-corrected chi connectivity index (χ1v) is 7.73. The van der Waals surface area contributed by atoms with Crippen LogP contribution in [-0.4, -0.2) is 23.4 Å². The lowest BCUT2D eigenvalue weighted by Gasteiger charge is -2.34. The number of halogens is 1. The maximum absolute atomic E-state index is 12.6. The summed E-state index contributed by atoms with van der Waals surface area (Å²) in [5, 5.41) is 1.48. The molecule has 1 heterocycles. The van der Waals surface area contributed by atoms with E-state index in [0.29, 0.717) is 15.6 Å². The van der Waals surface area contributed by atoms with Gasteiger partial charge in [0.1, 0.15) is 4.88 Å². The summed E-state index contributed by atoms with van der Waals surface area (Å²) in [4.78, 5) is 15.0. The molecule has 0 saturated heterocycles. The Morgan fingerprint density at radius 3 is 2.70 bits per heavy atom. The van der Waals surface area contributed by atoms with Crippen molar-refractivity contribution in [2.45, 2.75) is 32.7 Å². The van der Waals surface area contributed by atoms with Crippen molar-refractivity contribution in [1.29, 1.82) is 0 Å². The molecule has 1 aromatic carbocycles. The molecule has 2 aromatic rings. The Morgan fingerprint density at radius 2 is 2.10 bits per heavy atom. The van der Waals surface area contributed by atoms with Crippen LogP contribution in [0.1, 0.15) is 36.9 Å². The Hall–Kier alpha value is -1.26. The molecule has 3 nitrogen and oxygen atoms in total.